The van der Waals surface area contributed by atoms with Crippen LogP contribution in [0.25, 0.3) is 11.1 Å². The van der Waals surface area contributed by atoms with E-state index in [1.54, 1.807) is 13.0 Å². The maximum atomic E-state index is 12.0. The minimum atomic E-state index is -1.05. The fourth-order valence-corrected chi connectivity index (χ4v) is 3.22. The lowest BCUT2D eigenvalue weighted by atomic mass is 9.95. The van der Waals surface area contributed by atoms with Gasteiger partial charge < -0.3 is 15.5 Å². The van der Waals surface area contributed by atoms with Crippen LogP contribution < -0.4 is 5.32 Å². The van der Waals surface area contributed by atoms with Crippen molar-refractivity contribution in [2.75, 3.05) is 0 Å². The van der Waals surface area contributed by atoms with Gasteiger partial charge in [0.05, 0.1) is 12.3 Å². The van der Waals surface area contributed by atoms with E-state index in [1.807, 2.05) is 42.5 Å². The van der Waals surface area contributed by atoms with E-state index in [1.165, 1.54) is 0 Å². The lowest BCUT2D eigenvalue weighted by Gasteiger charge is -2.21. The van der Waals surface area contributed by atoms with E-state index < -0.39 is 29.8 Å². The third-order valence-corrected chi connectivity index (χ3v) is 4.82. The molecule has 154 valence electrons. The third-order valence-electron chi connectivity index (χ3n) is 4.58. The Hall–Kier alpha value is -2.86. The SMILES string of the molecule is CC(C[C@@H](Cc1ccc(-c2cccc(Cl)c2)cc1)NC(=O)CCC(=O)O)C(=O)O. The maximum absolute atomic E-state index is 12.0. The summed E-state index contributed by atoms with van der Waals surface area (Å²) in [5.41, 5.74) is 2.93. The second kappa shape index (κ2) is 10.6. The first-order valence-corrected chi connectivity index (χ1v) is 9.71. The second-order valence-electron chi connectivity index (χ2n) is 7.04. The van der Waals surface area contributed by atoms with Crippen molar-refractivity contribution in [3.63, 3.8) is 0 Å². The van der Waals surface area contributed by atoms with E-state index in [2.05, 4.69) is 5.32 Å². The van der Waals surface area contributed by atoms with E-state index in [9.17, 15) is 19.5 Å². The molecule has 1 amide bonds. The topological polar surface area (TPSA) is 104 Å². The molecule has 7 heteroatoms. The van der Waals surface area contributed by atoms with E-state index in [0.29, 0.717) is 11.4 Å². The standard InChI is InChI=1S/C22H24ClNO5/c1-14(22(28)29)11-19(24-20(25)9-10-21(26)27)12-15-5-7-16(8-6-15)17-3-2-4-18(23)13-17/h2-8,13-14,19H,9-12H2,1H3,(H,24,25)(H,26,27)(H,28,29)/t14?,19-/m0/s1. The molecule has 0 aliphatic rings. The van der Waals surface area contributed by atoms with Crippen LogP contribution in [0.3, 0.4) is 0 Å². The van der Waals surface area contributed by atoms with Gasteiger partial charge in [0, 0.05) is 17.5 Å². The van der Waals surface area contributed by atoms with Gasteiger partial charge >= 0.3 is 11.9 Å². The molecule has 2 atom stereocenters. The quantitative estimate of drug-likeness (QED) is 0.541. The molecule has 3 N–H and O–H groups in total. The Morgan fingerprint density at radius 1 is 1.00 bits per heavy atom. The fraction of sp³-hybridized carbons (Fsp3) is 0.318. The van der Waals surface area contributed by atoms with Gasteiger partial charge in [0.2, 0.25) is 5.91 Å². The number of aliphatic carboxylic acids is 2. The summed E-state index contributed by atoms with van der Waals surface area (Å²) in [5.74, 6) is -3.02. The summed E-state index contributed by atoms with van der Waals surface area (Å²) in [6.07, 6.45) is 0.304. The van der Waals surface area contributed by atoms with E-state index in [-0.39, 0.29) is 19.3 Å². The molecule has 0 aliphatic carbocycles. The van der Waals surface area contributed by atoms with Crippen molar-refractivity contribution in [2.24, 2.45) is 5.92 Å². The van der Waals surface area contributed by atoms with Gasteiger partial charge in [-0.15, -0.1) is 0 Å². The van der Waals surface area contributed by atoms with Gasteiger partial charge in [-0.2, -0.15) is 0 Å². The van der Waals surface area contributed by atoms with Gasteiger partial charge in [0.25, 0.3) is 0 Å². The maximum Gasteiger partial charge on any atom is 0.306 e. The average Bonchev–Trinajstić information content (AvgIpc) is 2.66. The molecule has 0 radical (unpaired) electrons. The number of nitrogens with one attached hydrogen (secondary N) is 1. The van der Waals surface area contributed by atoms with Gasteiger partial charge in [-0.05, 0) is 41.7 Å². The Morgan fingerprint density at radius 3 is 2.28 bits per heavy atom. The van der Waals surface area contributed by atoms with Crippen LogP contribution in [0, 0.1) is 5.92 Å². The number of benzene rings is 2. The van der Waals surface area contributed by atoms with Crippen molar-refractivity contribution in [1.82, 2.24) is 5.32 Å². The largest absolute Gasteiger partial charge is 0.481 e. The van der Waals surface area contributed by atoms with Crippen molar-refractivity contribution >= 4 is 29.4 Å². The van der Waals surface area contributed by atoms with Gasteiger partial charge in [0.15, 0.2) is 0 Å². The minimum Gasteiger partial charge on any atom is -0.481 e. The molecule has 29 heavy (non-hydrogen) atoms. The molecule has 0 fully saturated rings. The summed E-state index contributed by atoms with van der Waals surface area (Å²) in [5, 5.41) is 21.3. The monoisotopic (exact) mass is 417 g/mol. The summed E-state index contributed by atoms with van der Waals surface area (Å²) in [4.78, 5) is 33.9. The van der Waals surface area contributed by atoms with Crippen molar-refractivity contribution < 1.29 is 24.6 Å². The number of halogens is 1. The first-order chi connectivity index (χ1) is 13.7. The number of hydrogen-bond donors (Lipinski definition) is 3. The zero-order valence-electron chi connectivity index (χ0n) is 16.1. The van der Waals surface area contributed by atoms with Crippen LogP contribution in [0.1, 0.15) is 31.7 Å². The Morgan fingerprint density at radius 2 is 1.69 bits per heavy atom. The van der Waals surface area contributed by atoms with Gasteiger partial charge in [-0.1, -0.05) is 54.9 Å². The molecule has 0 saturated heterocycles. The summed E-state index contributed by atoms with van der Waals surface area (Å²) >= 11 is 6.04. The Bertz CT molecular complexity index is 866. The molecule has 1 unspecified atom stereocenters. The van der Waals surface area contributed by atoms with E-state index in [0.717, 1.165) is 16.7 Å². The zero-order chi connectivity index (χ0) is 21.4. The smallest absolute Gasteiger partial charge is 0.306 e. The highest BCUT2D eigenvalue weighted by Gasteiger charge is 2.21. The van der Waals surface area contributed by atoms with Crippen molar-refractivity contribution in [3.05, 3.63) is 59.1 Å². The molecule has 2 aromatic rings. The molecule has 2 rings (SSSR count). The predicted octanol–water partition coefficient (Wildman–Crippen LogP) is 4.01. The second-order valence-corrected chi connectivity index (χ2v) is 7.48. The van der Waals surface area contributed by atoms with Crippen LogP contribution in [0.5, 0.6) is 0 Å². The van der Waals surface area contributed by atoms with Gasteiger partial charge in [-0.25, -0.2) is 0 Å². The molecular formula is C22H24ClNO5. The highest BCUT2D eigenvalue weighted by atomic mass is 35.5. The number of amides is 1. The Labute approximate surface area is 174 Å². The summed E-state index contributed by atoms with van der Waals surface area (Å²) < 4.78 is 0. The third kappa shape index (κ3) is 7.58. The predicted molar refractivity (Wildman–Crippen MR) is 111 cm³/mol. The summed E-state index contributed by atoms with van der Waals surface area (Å²) in [6.45, 7) is 1.58. The van der Waals surface area contributed by atoms with Crippen LogP contribution in [-0.2, 0) is 20.8 Å². The van der Waals surface area contributed by atoms with Gasteiger partial charge in [-0.3, -0.25) is 14.4 Å². The number of rotatable bonds is 10. The number of carboxylic acid groups (broad SMARTS) is 2. The number of carboxylic acids is 2. The first kappa shape index (κ1) is 22.4. The average molecular weight is 418 g/mol. The Kier molecular flexibility index (Phi) is 8.21. The van der Waals surface area contributed by atoms with Crippen LogP contribution in [0.2, 0.25) is 5.02 Å². The van der Waals surface area contributed by atoms with E-state index in [4.69, 9.17) is 16.7 Å². The zero-order valence-corrected chi connectivity index (χ0v) is 16.9. The first-order valence-electron chi connectivity index (χ1n) is 9.33. The van der Waals surface area contributed by atoms with Crippen LogP contribution in [0.4, 0.5) is 0 Å². The Balaban J connectivity index is 2.09. The summed E-state index contributed by atoms with van der Waals surface area (Å²) in [7, 11) is 0. The molecule has 0 aromatic heterocycles. The molecular weight excluding hydrogens is 394 g/mol. The van der Waals surface area contributed by atoms with E-state index >= 15 is 0 Å². The lowest BCUT2D eigenvalue weighted by molar-refractivity contribution is -0.141. The van der Waals surface area contributed by atoms with Crippen molar-refractivity contribution in [2.45, 2.75) is 38.6 Å². The van der Waals surface area contributed by atoms with Crippen LogP contribution in [-0.4, -0.2) is 34.1 Å². The minimum absolute atomic E-state index is 0.138. The normalized spacial score (nSPS) is 12.8. The highest BCUT2D eigenvalue weighted by Crippen LogP contribution is 2.23. The van der Waals surface area contributed by atoms with Crippen molar-refractivity contribution in [3.8, 4) is 11.1 Å². The molecule has 0 aliphatic heterocycles. The van der Waals surface area contributed by atoms with Crippen molar-refractivity contribution in [1.29, 1.82) is 0 Å². The number of carbonyl (C=O) groups excluding carboxylic acids is 1. The lowest BCUT2D eigenvalue weighted by Crippen LogP contribution is -2.38. The van der Waals surface area contributed by atoms with Crippen LogP contribution >= 0.6 is 11.6 Å². The molecule has 6 nitrogen and oxygen atoms in total. The fourth-order valence-electron chi connectivity index (χ4n) is 3.03. The number of hydrogen-bond acceptors (Lipinski definition) is 3. The molecule has 0 bridgehead atoms. The summed E-state index contributed by atoms with van der Waals surface area (Å²) in [6, 6.07) is 14.9. The molecule has 0 spiro atoms. The number of carbonyl (C=O) groups is 3. The molecule has 2 aromatic carbocycles. The van der Waals surface area contributed by atoms with Gasteiger partial charge in [0.1, 0.15) is 0 Å². The molecule has 0 heterocycles. The van der Waals surface area contributed by atoms with Crippen LogP contribution in [0.15, 0.2) is 48.5 Å². The highest BCUT2D eigenvalue weighted by molar-refractivity contribution is 6.30. The molecule has 0 saturated carbocycles.